The molecular formula is C20H19N5O3. The SMILES string of the molecule is COc1ccc(N2C(=O)C[C@@H](c3c(C)nn(-c4ccccn4)c3N)C2=O)cc1. The Morgan fingerprint density at radius 3 is 2.54 bits per heavy atom. The van der Waals surface area contributed by atoms with E-state index in [0.717, 1.165) is 0 Å². The van der Waals surface area contributed by atoms with Gasteiger partial charge in [-0.25, -0.2) is 9.88 Å². The lowest BCUT2D eigenvalue weighted by Crippen LogP contribution is -2.30. The Bertz CT molecular complexity index is 1040. The molecular weight excluding hydrogens is 358 g/mol. The number of amides is 2. The number of aryl methyl sites for hydroxylation is 1. The molecule has 3 aromatic rings. The average Bonchev–Trinajstić information content (AvgIpc) is 3.17. The number of nitrogens with zero attached hydrogens (tertiary/aromatic N) is 4. The standard InChI is InChI=1S/C20H19N5O3/c1-12-18(19(21)25(23-12)16-5-3-4-10-22-16)15-11-17(26)24(20(15)27)13-6-8-14(28-2)9-7-13/h3-10,15H,11,21H2,1-2H3/t15-/m0/s1. The molecule has 1 saturated heterocycles. The number of nitrogen functional groups attached to an aromatic ring is 1. The molecule has 1 fully saturated rings. The van der Waals surface area contributed by atoms with Crippen LogP contribution in [0.4, 0.5) is 11.5 Å². The van der Waals surface area contributed by atoms with Crippen molar-refractivity contribution in [3.05, 3.63) is 59.9 Å². The van der Waals surface area contributed by atoms with Gasteiger partial charge in [0.2, 0.25) is 11.8 Å². The minimum absolute atomic E-state index is 0.0455. The number of benzene rings is 1. The molecule has 0 spiro atoms. The summed E-state index contributed by atoms with van der Waals surface area (Å²) in [6.45, 7) is 1.78. The molecule has 1 aromatic carbocycles. The highest BCUT2D eigenvalue weighted by atomic mass is 16.5. The molecule has 2 amide bonds. The molecule has 2 N–H and O–H groups in total. The van der Waals surface area contributed by atoms with Gasteiger partial charge in [0, 0.05) is 18.2 Å². The fourth-order valence-corrected chi connectivity index (χ4v) is 3.50. The lowest BCUT2D eigenvalue weighted by Gasteiger charge is -2.15. The molecule has 2 aromatic heterocycles. The maximum Gasteiger partial charge on any atom is 0.242 e. The number of aromatic nitrogens is 3. The second kappa shape index (κ2) is 6.80. The van der Waals surface area contributed by atoms with Crippen LogP contribution >= 0.6 is 0 Å². The van der Waals surface area contributed by atoms with E-state index in [1.54, 1.807) is 56.6 Å². The van der Waals surface area contributed by atoms with Crippen LogP contribution in [0.3, 0.4) is 0 Å². The Labute approximate surface area is 161 Å². The summed E-state index contributed by atoms with van der Waals surface area (Å²) in [7, 11) is 1.56. The third-order valence-corrected chi connectivity index (χ3v) is 4.84. The van der Waals surface area contributed by atoms with Gasteiger partial charge in [0.05, 0.1) is 24.4 Å². The van der Waals surface area contributed by atoms with Gasteiger partial charge in [-0.1, -0.05) is 6.07 Å². The third-order valence-electron chi connectivity index (χ3n) is 4.84. The molecule has 1 atom stereocenters. The summed E-state index contributed by atoms with van der Waals surface area (Å²) < 4.78 is 6.63. The van der Waals surface area contributed by atoms with E-state index in [1.807, 2.05) is 6.07 Å². The average molecular weight is 377 g/mol. The van der Waals surface area contributed by atoms with E-state index in [0.29, 0.717) is 34.3 Å². The molecule has 142 valence electrons. The van der Waals surface area contributed by atoms with E-state index in [1.165, 1.54) is 9.58 Å². The molecule has 0 saturated carbocycles. The van der Waals surface area contributed by atoms with Crippen molar-refractivity contribution in [1.29, 1.82) is 0 Å². The van der Waals surface area contributed by atoms with Crippen LogP contribution in [-0.4, -0.2) is 33.7 Å². The van der Waals surface area contributed by atoms with Gasteiger partial charge in [-0.15, -0.1) is 0 Å². The topological polar surface area (TPSA) is 103 Å². The first-order chi connectivity index (χ1) is 13.5. The van der Waals surface area contributed by atoms with E-state index in [9.17, 15) is 9.59 Å². The Morgan fingerprint density at radius 1 is 1.14 bits per heavy atom. The number of pyridine rings is 1. The van der Waals surface area contributed by atoms with Gasteiger partial charge in [-0.3, -0.25) is 9.59 Å². The number of carbonyl (C=O) groups is 2. The largest absolute Gasteiger partial charge is 0.497 e. The molecule has 1 aliphatic rings. The number of rotatable bonds is 4. The number of nitrogens with two attached hydrogens (primary N) is 1. The molecule has 0 unspecified atom stereocenters. The number of anilines is 2. The summed E-state index contributed by atoms with van der Waals surface area (Å²) in [5.41, 5.74) is 7.99. The maximum atomic E-state index is 13.1. The predicted octanol–water partition coefficient (Wildman–Crippen LogP) is 2.21. The summed E-state index contributed by atoms with van der Waals surface area (Å²) >= 11 is 0. The van der Waals surface area contributed by atoms with E-state index >= 15 is 0 Å². The highest BCUT2D eigenvalue weighted by Gasteiger charge is 2.43. The smallest absolute Gasteiger partial charge is 0.242 e. The Hall–Kier alpha value is -3.68. The van der Waals surface area contributed by atoms with E-state index < -0.39 is 5.92 Å². The molecule has 0 bridgehead atoms. The van der Waals surface area contributed by atoms with E-state index in [2.05, 4.69) is 10.1 Å². The van der Waals surface area contributed by atoms with Gasteiger partial charge in [0.15, 0.2) is 5.82 Å². The lowest BCUT2D eigenvalue weighted by atomic mass is 9.97. The van der Waals surface area contributed by atoms with Gasteiger partial charge >= 0.3 is 0 Å². The molecule has 0 radical (unpaired) electrons. The quantitative estimate of drug-likeness (QED) is 0.699. The normalized spacial score (nSPS) is 16.6. The van der Waals surface area contributed by atoms with Crippen molar-refractivity contribution in [2.45, 2.75) is 19.3 Å². The van der Waals surface area contributed by atoms with Crippen molar-refractivity contribution in [2.75, 3.05) is 17.7 Å². The van der Waals surface area contributed by atoms with Crippen LogP contribution in [-0.2, 0) is 9.59 Å². The number of ether oxygens (including phenoxy) is 1. The van der Waals surface area contributed by atoms with Crippen LogP contribution in [0.15, 0.2) is 48.7 Å². The van der Waals surface area contributed by atoms with Gasteiger partial charge in [-0.05, 0) is 43.3 Å². The second-order valence-corrected chi connectivity index (χ2v) is 6.51. The summed E-state index contributed by atoms with van der Waals surface area (Å²) in [4.78, 5) is 31.1. The molecule has 3 heterocycles. The zero-order valence-electron chi connectivity index (χ0n) is 15.5. The van der Waals surface area contributed by atoms with Crippen LogP contribution in [0.1, 0.15) is 23.6 Å². The Balaban J connectivity index is 1.70. The van der Waals surface area contributed by atoms with Crippen LogP contribution in [0.25, 0.3) is 5.82 Å². The summed E-state index contributed by atoms with van der Waals surface area (Å²) in [6.07, 6.45) is 1.69. The summed E-state index contributed by atoms with van der Waals surface area (Å²) in [6, 6.07) is 12.2. The molecule has 28 heavy (non-hydrogen) atoms. The van der Waals surface area contributed by atoms with E-state index in [4.69, 9.17) is 10.5 Å². The Morgan fingerprint density at radius 2 is 1.89 bits per heavy atom. The molecule has 0 aliphatic carbocycles. The van der Waals surface area contributed by atoms with Crippen molar-refractivity contribution in [3.63, 3.8) is 0 Å². The van der Waals surface area contributed by atoms with Crippen molar-refractivity contribution in [3.8, 4) is 11.6 Å². The summed E-state index contributed by atoms with van der Waals surface area (Å²) in [5.74, 6) is 0.260. The van der Waals surface area contributed by atoms with Crippen LogP contribution in [0.2, 0.25) is 0 Å². The predicted molar refractivity (Wildman–Crippen MR) is 103 cm³/mol. The van der Waals surface area contributed by atoms with Crippen LogP contribution in [0.5, 0.6) is 5.75 Å². The molecule has 4 rings (SSSR count). The van der Waals surface area contributed by atoms with Gasteiger partial charge in [0.25, 0.3) is 0 Å². The highest BCUT2D eigenvalue weighted by Crippen LogP contribution is 2.38. The third kappa shape index (κ3) is 2.79. The zero-order chi connectivity index (χ0) is 19.8. The highest BCUT2D eigenvalue weighted by molar-refractivity contribution is 6.23. The number of carbonyl (C=O) groups excluding carboxylic acids is 2. The van der Waals surface area contributed by atoms with Crippen molar-refractivity contribution < 1.29 is 14.3 Å². The minimum Gasteiger partial charge on any atom is -0.497 e. The number of imide groups is 1. The molecule has 8 heteroatoms. The first kappa shape index (κ1) is 17.7. The first-order valence-corrected chi connectivity index (χ1v) is 8.78. The number of hydrogen-bond donors (Lipinski definition) is 1. The van der Waals surface area contributed by atoms with Crippen molar-refractivity contribution >= 4 is 23.3 Å². The van der Waals surface area contributed by atoms with Crippen molar-refractivity contribution in [2.24, 2.45) is 0 Å². The zero-order valence-corrected chi connectivity index (χ0v) is 15.5. The molecule has 1 aliphatic heterocycles. The van der Waals surface area contributed by atoms with Gasteiger partial charge in [-0.2, -0.15) is 9.78 Å². The van der Waals surface area contributed by atoms with Gasteiger partial charge < -0.3 is 10.5 Å². The van der Waals surface area contributed by atoms with Crippen LogP contribution in [0, 0.1) is 6.92 Å². The lowest BCUT2D eigenvalue weighted by molar-refractivity contribution is -0.121. The van der Waals surface area contributed by atoms with Crippen molar-refractivity contribution in [1.82, 2.24) is 14.8 Å². The fraction of sp³-hybridized carbons (Fsp3) is 0.200. The maximum absolute atomic E-state index is 13.1. The van der Waals surface area contributed by atoms with Gasteiger partial charge in [0.1, 0.15) is 11.6 Å². The van der Waals surface area contributed by atoms with Crippen LogP contribution < -0.4 is 15.4 Å². The van der Waals surface area contributed by atoms with E-state index in [-0.39, 0.29) is 18.2 Å². The molecule has 8 nitrogen and oxygen atoms in total. The number of hydrogen-bond acceptors (Lipinski definition) is 6. The Kier molecular flexibility index (Phi) is 4.31. The first-order valence-electron chi connectivity index (χ1n) is 8.78. The monoisotopic (exact) mass is 377 g/mol. The summed E-state index contributed by atoms with van der Waals surface area (Å²) in [5, 5.41) is 4.44. The second-order valence-electron chi connectivity index (χ2n) is 6.51. The minimum atomic E-state index is -0.674. The number of methoxy groups -OCH3 is 1. The fourth-order valence-electron chi connectivity index (χ4n) is 3.50.